The van der Waals surface area contributed by atoms with Gasteiger partial charge in [-0.1, -0.05) is 34.1 Å². The molecule has 0 saturated carbocycles. The van der Waals surface area contributed by atoms with Gasteiger partial charge in [0.05, 0.1) is 0 Å². The van der Waals surface area contributed by atoms with Crippen molar-refractivity contribution in [3.05, 3.63) is 75.2 Å². The van der Waals surface area contributed by atoms with E-state index < -0.39 is 18.1 Å². The van der Waals surface area contributed by atoms with Crippen LogP contribution in [0.2, 0.25) is 0 Å². The van der Waals surface area contributed by atoms with Crippen molar-refractivity contribution >= 4 is 43.9 Å². The number of aliphatic hydroxyl groups excluding tert-OH is 1. The first-order valence-electron chi connectivity index (χ1n) is 8.55. The quantitative estimate of drug-likeness (QED) is 0.350. The molecule has 6 nitrogen and oxygen atoms in total. The molecule has 0 spiro atoms. The average Bonchev–Trinajstić information content (AvgIpc) is 3.24. The Kier molecular flexibility index (Phi) is 5.12. The number of carbonyl (C=O) groups is 1. The minimum Gasteiger partial charge on any atom is -0.478 e. The molecule has 0 aliphatic carbocycles. The number of halogens is 2. The van der Waals surface area contributed by atoms with E-state index in [1.807, 2.05) is 12.1 Å². The topological polar surface area (TPSA) is 86.9 Å². The van der Waals surface area contributed by atoms with Crippen molar-refractivity contribution in [1.82, 2.24) is 9.38 Å². The fourth-order valence-electron chi connectivity index (χ4n) is 3.11. The molecule has 0 saturated heterocycles. The highest BCUT2D eigenvalue weighted by atomic mass is 79.9. The van der Waals surface area contributed by atoms with Gasteiger partial charge in [-0.3, -0.25) is 4.40 Å². The van der Waals surface area contributed by atoms with Crippen LogP contribution in [0.15, 0.2) is 52.3 Å². The molecule has 0 amide bonds. The number of fused-ring (bicyclic) bond motifs is 1. The van der Waals surface area contributed by atoms with Crippen LogP contribution in [0.4, 0.5) is 9.39 Å². The second-order valence-electron chi connectivity index (χ2n) is 6.36. The van der Waals surface area contributed by atoms with E-state index in [0.29, 0.717) is 16.9 Å². The first-order valence-corrected chi connectivity index (χ1v) is 10.2. The minimum atomic E-state index is -1.51. The van der Waals surface area contributed by atoms with Gasteiger partial charge in [-0.2, -0.15) is 4.39 Å². The van der Waals surface area contributed by atoms with Crippen molar-refractivity contribution in [2.45, 2.75) is 13.2 Å². The smallest absolute Gasteiger partial charge is 0.339 e. The molecule has 0 aliphatic rings. The number of carboxylic acids is 1. The summed E-state index contributed by atoms with van der Waals surface area (Å²) < 4.78 is 17.0. The maximum atomic E-state index is 14.8. The molecule has 0 radical (unpaired) electrons. The highest BCUT2D eigenvalue weighted by molar-refractivity contribution is 9.10. The Labute approximate surface area is 177 Å². The van der Waals surface area contributed by atoms with Crippen LogP contribution in [0, 0.1) is 12.9 Å². The predicted octanol–water partition coefficient (Wildman–Crippen LogP) is 5.07. The Bertz CT molecular complexity index is 1220. The molecule has 4 rings (SSSR count). The lowest BCUT2D eigenvalue weighted by atomic mass is 10.0. The number of nitrogens with zero attached hydrogens (tertiary/aromatic N) is 2. The summed E-state index contributed by atoms with van der Waals surface area (Å²) >= 11 is 4.47. The molecule has 1 atom stereocenters. The molecule has 29 heavy (non-hydrogen) atoms. The van der Waals surface area contributed by atoms with E-state index in [-0.39, 0.29) is 16.3 Å². The van der Waals surface area contributed by atoms with Crippen LogP contribution in [-0.4, -0.2) is 25.6 Å². The summed E-state index contributed by atoms with van der Waals surface area (Å²) in [5.41, 5.74) is 2.03. The van der Waals surface area contributed by atoms with Crippen LogP contribution >= 0.6 is 27.3 Å². The average molecular weight is 476 g/mol. The second kappa shape index (κ2) is 7.58. The van der Waals surface area contributed by atoms with E-state index >= 15 is 0 Å². The molecule has 0 aliphatic heterocycles. The molecule has 1 aromatic carbocycles. The van der Waals surface area contributed by atoms with Crippen molar-refractivity contribution < 1.29 is 19.4 Å². The molecular weight excluding hydrogens is 461 g/mol. The number of carboxylic acid groups (broad SMARTS) is 1. The van der Waals surface area contributed by atoms with Gasteiger partial charge in [-0.15, -0.1) is 11.3 Å². The number of benzene rings is 1. The number of imidazole rings is 1. The van der Waals surface area contributed by atoms with Crippen molar-refractivity contribution in [2.24, 2.45) is 0 Å². The maximum absolute atomic E-state index is 14.8. The zero-order chi connectivity index (χ0) is 20.7. The van der Waals surface area contributed by atoms with Crippen molar-refractivity contribution in [1.29, 1.82) is 0 Å². The molecule has 148 valence electrons. The number of nitrogens with one attached hydrogen (secondary N) is 1. The van der Waals surface area contributed by atoms with Gasteiger partial charge >= 0.3 is 5.97 Å². The van der Waals surface area contributed by atoms with E-state index in [1.54, 1.807) is 42.6 Å². The lowest BCUT2D eigenvalue weighted by Gasteiger charge is -2.12. The third-order valence-corrected chi connectivity index (χ3v) is 5.93. The van der Waals surface area contributed by atoms with Crippen LogP contribution < -0.4 is 5.32 Å². The Morgan fingerprint density at radius 2 is 2.00 bits per heavy atom. The van der Waals surface area contributed by atoms with Crippen LogP contribution in [0.3, 0.4) is 0 Å². The summed E-state index contributed by atoms with van der Waals surface area (Å²) in [5.74, 6) is -1.84. The number of pyridine rings is 1. The highest BCUT2D eigenvalue weighted by Gasteiger charge is 2.25. The highest BCUT2D eigenvalue weighted by Crippen LogP contribution is 2.37. The molecule has 0 bridgehead atoms. The molecule has 1 unspecified atom stereocenters. The largest absolute Gasteiger partial charge is 0.478 e. The molecule has 4 aromatic rings. The monoisotopic (exact) mass is 475 g/mol. The van der Waals surface area contributed by atoms with Crippen LogP contribution in [0.25, 0.3) is 16.8 Å². The second-order valence-corrected chi connectivity index (χ2v) is 8.16. The minimum absolute atomic E-state index is 0.0109. The predicted molar refractivity (Wildman–Crippen MR) is 113 cm³/mol. The van der Waals surface area contributed by atoms with Crippen molar-refractivity contribution in [3.8, 4) is 11.1 Å². The zero-order valence-corrected chi connectivity index (χ0v) is 17.5. The first kappa shape index (κ1) is 19.6. The van der Waals surface area contributed by atoms with Gasteiger partial charge in [0, 0.05) is 21.1 Å². The van der Waals surface area contributed by atoms with Crippen molar-refractivity contribution in [2.75, 3.05) is 5.32 Å². The third kappa shape index (κ3) is 3.52. The number of rotatable bonds is 5. The summed E-state index contributed by atoms with van der Waals surface area (Å²) in [6, 6.07) is 12.3. The first-order chi connectivity index (χ1) is 13.9. The van der Waals surface area contributed by atoms with Gasteiger partial charge in [0.25, 0.3) is 0 Å². The number of aromatic nitrogens is 2. The summed E-state index contributed by atoms with van der Waals surface area (Å²) in [6.07, 6.45) is -1.51. The standard InChI is InChI=1S/C20H15BrFN3O3S/c1-10-3-2-4-14-23-16(17(22)25(10)14)18(26)24-19-15(20(27)28)13(9-29-19)11-5-7-12(21)8-6-11/h2-9,18,24,26H,1H3,(H,27,28). The lowest BCUT2D eigenvalue weighted by molar-refractivity contribution is 0.0699. The number of aromatic carboxylic acids is 1. The SMILES string of the molecule is Cc1cccc2nc(C(O)Nc3scc(-c4ccc(Br)cc4)c3C(=O)O)c(F)n12. The van der Waals surface area contributed by atoms with Crippen LogP contribution in [-0.2, 0) is 0 Å². The number of aliphatic hydroxyl groups is 1. The maximum Gasteiger partial charge on any atom is 0.339 e. The fourth-order valence-corrected chi connectivity index (χ4v) is 4.36. The van der Waals surface area contributed by atoms with Gasteiger partial charge in [0.2, 0.25) is 5.95 Å². The zero-order valence-electron chi connectivity index (χ0n) is 15.1. The molecule has 9 heteroatoms. The summed E-state index contributed by atoms with van der Waals surface area (Å²) in [5, 5.41) is 24.9. The Morgan fingerprint density at radius 1 is 1.28 bits per heavy atom. The summed E-state index contributed by atoms with van der Waals surface area (Å²) in [6.45, 7) is 1.73. The van der Waals surface area contributed by atoms with E-state index in [0.717, 1.165) is 21.4 Å². The van der Waals surface area contributed by atoms with Crippen LogP contribution in [0.1, 0.15) is 28.0 Å². The normalized spacial score (nSPS) is 12.3. The number of thiophene rings is 1. The molecule has 0 fully saturated rings. The summed E-state index contributed by atoms with van der Waals surface area (Å²) in [4.78, 5) is 16.0. The third-order valence-electron chi connectivity index (χ3n) is 4.49. The molecule has 3 N–H and O–H groups in total. The number of hydrogen-bond acceptors (Lipinski definition) is 5. The van der Waals surface area contributed by atoms with E-state index in [4.69, 9.17) is 0 Å². The number of aryl methyl sites for hydroxylation is 1. The van der Waals surface area contributed by atoms with Gasteiger partial charge < -0.3 is 15.5 Å². The number of hydrogen-bond donors (Lipinski definition) is 3. The Hall–Kier alpha value is -2.75. The van der Waals surface area contributed by atoms with Gasteiger partial charge in [0.15, 0.2) is 6.23 Å². The molecule has 3 aromatic heterocycles. The van der Waals surface area contributed by atoms with Gasteiger partial charge in [-0.05, 0) is 36.8 Å². The van der Waals surface area contributed by atoms with Gasteiger partial charge in [0.1, 0.15) is 21.9 Å². The molecule has 3 heterocycles. The lowest BCUT2D eigenvalue weighted by Crippen LogP contribution is -2.13. The van der Waals surface area contributed by atoms with E-state index in [1.165, 1.54) is 4.40 Å². The number of anilines is 1. The van der Waals surface area contributed by atoms with Crippen molar-refractivity contribution in [3.63, 3.8) is 0 Å². The Balaban J connectivity index is 1.71. The fraction of sp³-hybridized carbons (Fsp3) is 0.100. The van der Waals surface area contributed by atoms with Gasteiger partial charge in [-0.25, -0.2) is 9.78 Å². The molecular formula is C20H15BrFN3O3S. The summed E-state index contributed by atoms with van der Waals surface area (Å²) in [7, 11) is 0. The van der Waals surface area contributed by atoms with Crippen LogP contribution in [0.5, 0.6) is 0 Å². The van der Waals surface area contributed by atoms with E-state index in [2.05, 4.69) is 26.2 Å². The Morgan fingerprint density at radius 3 is 2.66 bits per heavy atom. The van der Waals surface area contributed by atoms with E-state index in [9.17, 15) is 19.4 Å².